The third kappa shape index (κ3) is 4.34. The van der Waals surface area contributed by atoms with Crippen LogP contribution in [0.1, 0.15) is 17.5 Å². The second-order valence-electron chi connectivity index (χ2n) is 5.14. The van der Waals surface area contributed by atoms with E-state index in [0.717, 1.165) is 26.1 Å². The van der Waals surface area contributed by atoms with E-state index in [2.05, 4.69) is 54.0 Å². The Labute approximate surface area is 116 Å². The molecule has 0 saturated heterocycles. The van der Waals surface area contributed by atoms with Crippen molar-refractivity contribution in [1.82, 2.24) is 10.6 Å². The first-order valence-electron chi connectivity index (χ1n) is 7.14. The number of fused-ring (bicyclic) bond motifs is 1. The second-order valence-corrected chi connectivity index (χ2v) is 5.14. The third-order valence-electron chi connectivity index (χ3n) is 3.43. The summed E-state index contributed by atoms with van der Waals surface area (Å²) in [6, 6.07) is 13.4. The highest BCUT2D eigenvalue weighted by atomic mass is 14.9. The van der Waals surface area contributed by atoms with Crippen LogP contribution in [0, 0.1) is 6.92 Å². The Hall–Kier alpha value is -1.38. The minimum Gasteiger partial charge on any atom is -0.320 e. The van der Waals surface area contributed by atoms with Crippen molar-refractivity contribution in [2.75, 3.05) is 26.7 Å². The van der Waals surface area contributed by atoms with Crippen molar-refractivity contribution in [3.8, 4) is 0 Å². The molecule has 2 nitrogen and oxygen atoms in total. The molecular formula is C17H24N2. The van der Waals surface area contributed by atoms with E-state index >= 15 is 0 Å². The number of nitrogens with one attached hydrogen (secondary N) is 2. The van der Waals surface area contributed by atoms with Crippen LogP contribution in [-0.4, -0.2) is 26.7 Å². The highest BCUT2D eigenvalue weighted by Crippen LogP contribution is 2.17. The molecule has 2 N–H and O–H groups in total. The van der Waals surface area contributed by atoms with Crippen molar-refractivity contribution in [2.24, 2.45) is 0 Å². The molecule has 0 aromatic heterocycles. The molecule has 102 valence electrons. The lowest BCUT2D eigenvalue weighted by atomic mass is 10.0. The van der Waals surface area contributed by atoms with Crippen LogP contribution in [0.5, 0.6) is 0 Å². The Morgan fingerprint density at radius 1 is 0.895 bits per heavy atom. The summed E-state index contributed by atoms with van der Waals surface area (Å²) in [5, 5.41) is 9.33. The Morgan fingerprint density at radius 3 is 2.53 bits per heavy atom. The van der Waals surface area contributed by atoms with E-state index in [4.69, 9.17) is 0 Å². The summed E-state index contributed by atoms with van der Waals surface area (Å²) in [7, 11) is 2.00. The average Bonchev–Trinajstić information content (AvgIpc) is 2.43. The van der Waals surface area contributed by atoms with Crippen molar-refractivity contribution >= 4 is 10.8 Å². The summed E-state index contributed by atoms with van der Waals surface area (Å²) >= 11 is 0. The monoisotopic (exact) mass is 256 g/mol. The molecular weight excluding hydrogens is 232 g/mol. The van der Waals surface area contributed by atoms with Crippen molar-refractivity contribution in [2.45, 2.75) is 19.8 Å². The number of rotatable bonds is 7. The van der Waals surface area contributed by atoms with Crippen molar-refractivity contribution in [1.29, 1.82) is 0 Å². The summed E-state index contributed by atoms with van der Waals surface area (Å²) in [6.07, 6.45) is 2.29. The molecule has 0 aliphatic carbocycles. The highest BCUT2D eigenvalue weighted by Gasteiger charge is 1.97. The van der Waals surface area contributed by atoms with E-state index < -0.39 is 0 Å². The summed E-state index contributed by atoms with van der Waals surface area (Å²) in [4.78, 5) is 0. The molecule has 19 heavy (non-hydrogen) atoms. The van der Waals surface area contributed by atoms with Gasteiger partial charge in [-0.1, -0.05) is 42.0 Å². The minimum absolute atomic E-state index is 1.06. The number of hydrogen-bond acceptors (Lipinski definition) is 2. The fourth-order valence-electron chi connectivity index (χ4n) is 2.32. The van der Waals surface area contributed by atoms with E-state index in [1.54, 1.807) is 0 Å². The van der Waals surface area contributed by atoms with E-state index in [1.807, 2.05) is 7.05 Å². The smallest absolute Gasteiger partial charge is 0.000834 e. The van der Waals surface area contributed by atoms with Crippen LogP contribution < -0.4 is 10.6 Å². The molecule has 0 bridgehead atoms. The van der Waals surface area contributed by atoms with Gasteiger partial charge in [0.1, 0.15) is 0 Å². The number of hydrogen-bond donors (Lipinski definition) is 2. The maximum Gasteiger partial charge on any atom is -0.000834 e. The fourth-order valence-corrected chi connectivity index (χ4v) is 2.32. The zero-order valence-electron chi connectivity index (χ0n) is 12.0. The maximum atomic E-state index is 3.49. The molecule has 0 saturated carbocycles. The molecule has 0 atom stereocenters. The zero-order valence-corrected chi connectivity index (χ0v) is 12.0. The summed E-state index contributed by atoms with van der Waals surface area (Å²) in [6.45, 7) is 5.37. The van der Waals surface area contributed by atoms with Crippen molar-refractivity contribution < 1.29 is 0 Å². The van der Waals surface area contributed by atoms with Crippen LogP contribution >= 0.6 is 0 Å². The van der Waals surface area contributed by atoms with Gasteiger partial charge >= 0.3 is 0 Å². The van der Waals surface area contributed by atoms with Gasteiger partial charge in [-0.2, -0.15) is 0 Å². The van der Waals surface area contributed by atoms with Gasteiger partial charge in [0.25, 0.3) is 0 Å². The minimum atomic E-state index is 1.06. The normalized spacial score (nSPS) is 11.1. The molecule has 0 spiro atoms. The average molecular weight is 256 g/mol. The van der Waals surface area contributed by atoms with Gasteiger partial charge in [0.15, 0.2) is 0 Å². The predicted molar refractivity (Wildman–Crippen MR) is 83.8 cm³/mol. The second kappa shape index (κ2) is 7.27. The molecule has 0 amide bonds. The van der Waals surface area contributed by atoms with Gasteiger partial charge in [-0.25, -0.2) is 0 Å². The van der Waals surface area contributed by atoms with Gasteiger partial charge in [-0.15, -0.1) is 0 Å². The van der Waals surface area contributed by atoms with E-state index in [-0.39, 0.29) is 0 Å². The van der Waals surface area contributed by atoms with Gasteiger partial charge in [-0.05, 0) is 62.8 Å². The first kappa shape index (κ1) is 14.0. The zero-order chi connectivity index (χ0) is 13.5. The molecule has 2 heteroatoms. The number of benzene rings is 2. The van der Waals surface area contributed by atoms with Gasteiger partial charge in [-0.3, -0.25) is 0 Å². The van der Waals surface area contributed by atoms with Gasteiger partial charge in [0.2, 0.25) is 0 Å². The van der Waals surface area contributed by atoms with Crippen LogP contribution in [0.3, 0.4) is 0 Å². The Bertz CT molecular complexity index is 520. The lowest BCUT2D eigenvalue weighted by Gasteiger charge is -2.06. The molecule has 0 radical (unpaired) electrons. The quantitative estimate of drug-likeness (QED) is 0.744. The van der Waals surface area contributed by atoms with Crippen molar-refractivity contribution in [3.05, 3.63) is 47.5 Å². The van der Waals surface area contributed by atoms with Crippen molar-refractivity contribution in [3.63, 3.8) is 0 Å². The summed E-state index contributed by atoms with van der Waals surface area (Å²) < 4.78 is 0. The number of aryl methyl sites for hydroxylation is 1. The summed E-state index contributed by atoms with van der Waals surface area (Å²) in [5.41, 5.74) is 2.74. The molecule has 2 rings (SSSR count). The van der Waals surface area contributed by atoms with Crippen LogP contribution in [0.2, 0.25) is 0 Å². The first-order valence-corrected chi connectivity index (χ1v) is 7.14. The third-order valence-corrected chi connectivity index (χ3v) is 3.43. The Balaban J connectivity index is 1.86. The summed E-state index contributed by atoms with van der Waals surface area (Å²) in [5.74, 6) is 0. The Kier molecular flexibility index (Phi) is 5.37. The SMILES string of the molecule is CNCCCNCCc1ccc2cc(C)ccc2c1. The first-order chi connectivity index (χ1) is 9.29. The van der Waals surface area contributed by atoms with E-state index in [9.17, 15) is 0 Å². The van der Waals surface area contributed by atoms with E-state index in [0.29, 0.717) is 0 Å². The van der Waals surface area contributed by atoms with Gasteiger partial charge < -0.3 is 10.6 Å². The molecule has 0 fully saturated rings. The van der Waals surface area contributed by atoms with Crippen LogP contribution in [0.25, 0.3) is 10.8 Å². The predicted octanol–water partition coefficient (Wildman–Crippen LogP) is 2.89. The van der Waals surface area contributed by atoms with E-state index in [1.165, 1.54) is 28.3 Å². The molecule has 0 aliphatic rings. The topological polar surface area (TPSA) is 24.1 Å². The Morgan fingerprint density at radius 2 is 1.68 bits per heavy atom. The lowest BCUT2D eigenvalue weighted by molar-refractivity contribution is 0.625. The van der Waals surface area contributed by atoms with Gasteiger partial charge in [0, 0.05) is 0 Å². The largest absolute Gasteiger partial charge is 0.320 e. The van der Waals surface area contributed by atoms with Crippen LogP contribution in [0.15, 0.2) is 36.4 Å². The molecule has 0 aliphatic heterocycles. The van der Waals surface area contributed by atoms with Crippen LogP contribution in [-0.2, 0) is 6.42 Å². The molecule has 2 aromatic carbocycles. The molecule has 0 unspecified atom stereocenters. The molecule has 0 heterocycles. The van der Waals surface area contributed by atoms with Gasteiger partial charge in [0.05, 0.1) is 0 Å². The van der Waals surface area contributed by atoms with Crippen LogP contribution in [0.4, 0.5) is 0 Å². The maximum absolute atomic E-state index is 3.49. The fraction of sp³-hybridized carbons (Fsp3) is 0.412. The molecule has 2 aromatic rings. The lowest BCUT2D eigenvalue weighted by Crippen LogP contribution is -2.21. The highest BCUT2D eigenvalue weighted by molar-refractivity contribution is 5.83. The standard InChI is InChI=1S/C17H24N2/c1-14-4-6-17-13-15(5-7-16(17)12-14)8-11-19-10-3-9-18-2/h4-7,12-13,18-19H,3,8-11H2,1-2H3.